The normalized spacial score (nSPS) is 10.1. The lowest BCUT2D eigenvalue weighted by Gasteiger charge is -2.14. The van der Waals surface area contributed by atoms with Gasteiger partial charge < -0.3 is 14.8 Å². The number of nitrogens with one attached hydrogen (secondary N) is 1. The van der Waals surface area contributed by atoms with Gasteiger partial charge in [-0.2, -0.15) is 0 Å². The molecule has 0 bridgehead atoms. The number of halogens is 1. The first-order valence-corrected chi connectivity index (χ1v) is 8.56. The number of amides is 1. The highest BCUT2D eigenvalue weighted by molar-refractivity contribution is 14.1. The second kappa shape index (κ2) is 9.27. The van der Waals surface area contributed by atoms with Gasteiger partial charge in [0.05, 0.1) is 10.2 Å². The molecule has 2 aromatic rings. The second-order valence-electron chi connectivity index (χ2n) is 4.93. The van der Waals surface area contributed by atoms with Crippen LogP contribution >= 0.6 is 22.6 Å². The van der Waals surface area contributed by atoms with Crippen molar-refractivity contribution in [1.82, 2.24) is 5.32 Å². The van der Waals surface area contributed by atoms with Crippen molar-refractivity contribution in [3.63, 3.8) is 0 Å². The lowest BCUT2D eigenvalue weighted by Crippen LogP contribution is -2.28. The summed E-state index contributed by atoms with van der Waals surface area (Å²) in [6, 6.07) is 12.9. The molecular formula is C18H18INO4. The van der Waals surface area contributed by atoms with Crippen LogP contribution in [0.15, 0.2) is 42.5 Å². The number of benzene rings is 2. The molecule has 1 N–H and O–H groups in total. The summed E-state index contributed by atoms with van der Waals surface area (Å²) in [6.45, 7) is 2.61. The molecule has 6 heteroatoms. The molecule has 0 spiro atoms. The molecule has 0 radical (unpaired) electrons. The van der Waals surface area contributed by atoms with Crippen LogP contribution in [-0.4, -0.2) is 25.4 Å². The lowest BCUT2D eigenvalue weighted by molar-refractivity contribution is -0.123. The smallest absolute Gasteiger partial charge is 0.258 e. The third kappa shape index (κ3) is 5.23. The molecule has 0 saturated carbocycles. The minimum absolute atomic E-state index is 0.122. The zero-order chi connectivity index (χ0) is 17.4. The van der Waals surface area contributed by atoms with Gasteiger partial charge in [-0.15, -0.1) is 0 Å². The number of hydrogen-bond acceptors (Lipinski definition) is 4. The van der Waals surface area contributed by atoms with E-state index in [1.165, 1.54) is 0 Å². The van der Waals surface area contributed by atoms with E-state index >= 15 is 0 Å². The Morgan fingerprint density at radius 2 is 1.96 bits per heavy atom. The van der Waals surface area contributed by atoms with Crippen LogP contribution < -0.4 is 14.8 Å². The minimum Gasteiger partial charge on any atom is -0.490 e. The molecular weight excluding hydrogens is 421 g/mol. The first kappa shape index (κ1) is 18.3. The first-order valence-electron chi connectivity index (χ1n) is 7.49. The monoisotopic (exact) mass is 439 g/mol. The zero-order valence-corrected chi connectivity index (χ0v) is 15.4. The van der Waals surface area contributed by atoms with Crippen molar-refractivity contribution in [2.45, 2.75) is 13.5 Å². The van der Waals surface area contributed by atoms with Gasteiger partial charge in [0, 0.05) is 12.1 Å². The fraction of sp³-hybridized carbons (Fsp3) is 0.222. The van der Waals surface area contributed by atoms with Crippen molar-refractivity contribution in [2.24, 2.45) is 0 Å². The molecule has 2 aromatic carbocycles. The second-order valence-corrected chi connectivity index (χ2v) is 6.09. The molecule has 0 unspecified atom stereocenters. The van der Waals surface area contributed by atoms with Gasteiger partial charge in [0.15, 0.2) is 18.1 Å². The molecule has 0 aliphatic heterocycles. The van der Waals surface area contributed by atoms with Crippen LogP contribution in [0, 0.1) is 3.57 Å². The zero-order valence-electron chi connectivity index (χ0n) is 13.3. The molecule has 0 fully saturated rings. The number of ether oxygens (including phenoxy) is 2. The fourth-order valence-corrected chi connectivity index (χ4v) is 2.83. The Morgan fingerprint density at radius 3 is 2.62 bits per heavy atom. The maximum atomic E-state index is 12.0. The van der Waals surface area contributed by atoms with Crippen molar-refractivity contribution in [3.8, 4) is 11.5 Å². The molecule has 5 nitrogen and oxygen atoms in total. The van der Waals surface area contributed by atoms with Gasteiger partial charge in [-0.25, -0.2) is 0 Å². The molecule has 2 rings (SSSR count). The molecule has 0 atom stereocenters. The number of aldehydes is 1. The third-order valence-corrected chi connectivity index (χ3v) is 3.95. The standard InChI is InChI=1S/C18H18INO4/c1-2-23-16-9-14(11-21)8-15(19)18(16)24-12-17(22)20-10-13-6-4-3-5-7-13/h3-9,11H,2,10,12H2,1H3,(H,20,22). The molecule has 24 heavy (non-hydrogen) atoms. The number of carbonyl (C=O) groups is 2. The molecule has 0 aliphatic rings. The van der Waals surface area contributed by atoms with E-state index in [2.05, 4.69) is 27.9 Å². The summed E-state index contributed by atoms with van der Waals surface area (Å²) in [4.78, 5) is 22.9. The minimum atomic E-state index is -0.225. The summed E-state index contributed by atoms with van der Waals surface area (Å²) in [7, 11) is 0. The summed E-state index contributed by atoms with van der Waals surface area (Å²) >= 11 is 2.06. The Balaban J connectivity index is 1.97. The summed E-state index contributed by atoms with van der Waals surface area (Å²) in [5.41, 5.74) is 1.52. The van der Waals surface area contributed by atoms with Crippen molar-refractivity contribution < 1.29 is 19.1 Å². The predicted octanol–water partition coefficient (Wildman–Crippen LogP) is 3.20. The van der Waals surface area contributed by atoms with E-state index in [-0.39, 0.29) is 12.5 Å². The van der Waals surface area contributed by atoms with E-state index in [0.717, 1.165) is 15.4 Å². The SMILES string of the molecule is CCOc1cc(C=O)cc(I)c1OCC(=O)NCc1ccccc1. The maximum absolute atomic E-state index is 12.0. The average Bonchev–Trinajstić information content (AvgIpc) is 2.60. The van der Waals surface area contributed by atoms with Gasteiger partial charge in [0.1, 0.15) is 6.29 Å². The van der Waals surface area contributed by atoms with E-state index in [4.69, 9.17) is 9.47 Å². The van der Waals surface area contributed by atoms with Crippen LogP contribution in [0.4, 0.5) is 0 Å². The lowest BCUT2D eigenvalue weighted by atomic mass is 10.2. The molecule has 0 aromatic heterocycles. The molecule has 0 heterocycles. The Labute approximate surface area is 154 Å². The highest BCUT2D eigenvalue weighted by atomic mass is 127. The Hall–Kier alpha value is -2.09. The summed E-state index contributed by atoms with van der Waals surface area (Å²) < 4.78 is 11.8. The third-order valence-electron chi connectivity index (χ3n) is 3.15. The highest BCUT2D eigenvalue weighted by Crippen LogP contribution is 2.33. The van der Waals surface area contributed by atoms with E-state index in [0.29, 0.717) is 30.2 Å². The van der Waals surface area contributed by atoms with Crippen molar-refractivity contribution in [1.29, 1.82) is 0 Å². The molecule has 1 amide bonds. The van der Waals surface area contributed by atoms with Crippen LogP contribution in [0.2, 0.25) is 0 Å². The summed E-state index contributed by atoms with van der Waals surface area (Å²) in [6.07, 6.45) is 0.751. The Morgan fingerprint density at radius 1 is 1.21 bits per heavy atom. The fourth-order valence-electron chi connectivity index (χ4n) is 2.04. The maximum Gasteiger partial charge on any atom is 0.258 e. The van der Waals surface area contributed by atoms with E-state index in [9.17, 15) is 9.59 Å². The van der Waals surface area contributed by atoms with Crippen LogP contribution in [0.1, 0.15) is 22.8 Å². The summed E-state index contributed by atoms with van der Waals surface area (Å²) in [5.74, 6) is 0.705. The van der Waals surface area contributed by atoms with Crippen LogP contribution in [0.5, 0.6) is 11.5 Å². The topological polar surface area (TPSA) is 64.6 Å². The van der Waals surface area contributed by atoms with Crippen LogP contribution in [0.25, 0.3) is 0 Å². The summed E-state index contributed by atoms with van der Waals surface area (Å²) in [5, 5.41) is 2.80. The molecule has 126 valence electrons. The largest absolute Gasteiger partial charge is 0.490 e. The highest BCUT2D eigenvalue weighted by Gasteiger charge is 2.13. The van der Waals surface area contributed by atoms with Crippen molar-refractivity contribution >= 4 is 34.8 Å². The number of hydrogen-bond donors (Lipinski definition) is 1. The van der Waals surface area contributed by atoms with Gasteiger partial charge in [-0.05, 0) is 47.2 Å². The Bertz CT molecular complexity index is 704. The average molecular weight is 439 g/mol. The number of carbonyl (C=O) groups excluding carboxylic acids is 2. The van der Waals surface area contributed by atoms with Crippen LogP contribution in [-0.2, 0) is 11.3 Å². The van der Waals surface area contributed by atoms with Crippen LogP contribution in [0.3, 0.4) is 0 Å². The Kier molecular flexibility index (Phi) is 7.05. The van der Waals surface area contributed by atoms with Gasteiger partial charge in [0.2, 0.25) is 0 Å². The van der Waals surface area contributed by atoms with Gasteiger partial charge in [-0.1, -0.05) is 30.3 Å². The van der Waals surface area contributed by atoms with Gasteiger partial charge >= 0.3 is 0 Å². The van der Waals surface area contributed by atoms with Crippen molar-refractivity contribution in [3.05, 3.63) is 57.2 Å². The van der Waals surface area contributed by atoms with Crippen molar-refractivity contribution in [2.75, 3.05) is 13.2 Å². The van der Waals surface area contributed by atoms with E-state index < -0.39 is 0 Å². The number of rotatable bonds is 8. The van der Waals surface area contributed by atoms with Gasteiger partial charge in [-0.3, -0.25) is 9.59 Å². The first-order chi connectivity index (χ1) is 11.6. The van der Waals surface area contributed by atoms with Gasteiger partial charge in [0.25, 0.3) is 5.91 Å². The molecule has 0 aliphatic carbocycles. The molecule has 0 saturated heterocycles. The predicted molar refractivity (Wildman–Crippen MR) is 99.5 cm³/mol. The van der Waals surface area contributed by atoms with E-state index in [1.807, 2.05) is 37.3 Å². The van der Waals surface area contributed by atoms with E-state index in [1.54, 1.807) is 12.1 Å². The quantitative estimate of drug-likeness (QED) is 0.507.